The quantitative estimate of drug-likeness (QED) is 0.0515. The van der Waals surface area contributed by atoms with Crippen molar-refractivity contribution < 1.29 is 236 Å². The first-order valence-corrected chi connectivity index (χ1v) is 16.5. The van der Waals surface area contributed by atoms with Gasteiger partial charge in [0.05, 0.1) is 0 Å². The van der Waals surface area contributed by atoms with Gasteiger partial charge in [-0.3, -0.25) is 0 Å². The van der Waals surface area contributed by atoms with Gasteiger partial charge in [0.15, 0.2) is 37.7 Å². The van der Waals surface area contributed by atoms with Crippen LogP contribution >= 0.6 is 0 Å². The third-order valence-electron chi connectivity index (χ3n) is 8.30. The summed E-state index contributed by atoms with van der Waals surface area (Å²) in [6.45, 7) is 0. The molecule has 4 radical (unpaired) electrons. The fraction of sp³-hybridized carbons (Fsp3) is 0.143. The molecule has 0 amide bonds. The van der Waals surface area contributed by atoms with E-state index in [0.717, 1.165) is 0 Å². The van der Waals surface area contributed by atoms with Gasteiger partial charge in [-0.2, -0.15) is 0 Å². The molecule has 0 bridgehead atoms. The van der Waals surface area contributed by atoms with Crippen LogP contribution in [0.4, 0.5) is 0 Å². The van der Waals surface area contributed by atoms with Crippen LogP contribution in [-0.4, -0.2) is 94.1 Å². The van der Waals surface area contributed by atoms with E-state index in [-0.39, 0.29) is 175 Å². The van der Waals surface area contributed by atoms with E-state index >= 15 is 0 Å². The van der Waals surface area contributed by atoms with Crippen molar-refractivity contribution in [1.29, 1.82) is 0 Å². The average molecular weight is 1240 g/mol. The van der Waals surface area contributed by atoms with Gasteiger partial charge in [0, 0.05) is 164 Å². The topological polar surface area (TPSA) is 498 Å². The Bertz CT molecular complexity index is 1730. The zero-order valence-corrected chi connectivity index (χ0v) is 46.5. The van der Waals surface area contributed by atoms with E-state index in [1.807, 2.05) is 0 Å². The minimum Gasteiger partial charge on any atom is -0.457 e. The molecule has 66 heavy (non-hydrogen) atoms. The third-order valence-corrected chi connectivity index (χ3v) is 8.30. The molecular formula is C42H60O20Y4+2. The first kappa shape index (κ1) is 84.8. The molecule has 0 aliphatic heterocycles. The van der Waals surface area contributed by atoms with E-state index in [2.05, 4.69) is 0 Å². The SMILES string of the molecule is O.O.O.O.O.O.OC(O)c1ccccc1-c1ccccc1C(O)O.OC(O)c1ccccc1-c1ccccc1C(O)O.OC(O)c1ccccc1-c1ccccc1C(O)O.[OH3+].[OH3+].[Y].[Y].[Y].[Y]. The van der Waals surface area contributed by atoms with E-state index in [1.165, 1.54) is 0 Å². The van der Waals surface area contributed by atoms with Gasteiger partial charge in [-0.1, -0.05) is 146 Å². The van der Waals surface area contributed by atoms with Gasteiger partial charge >= 0.3 is 0 Å². The monoisotopic (exact) mass is 1240 g/mol. The van der Waals surface area contributed by atoms with Crippen LogP contribution in [0, 0.1) is 0 Å². The molecule has 30 N–H and O–H groups in total. The smallest absolute Gasteiger partial charge is 0.179 e. The number of benzene rings is 6. The van der Waals surface area contributed by atoms with E-state index in [9.17, 15) is 61.3 Å². The molecule has 0 saturated carbocycles. The van der Waals surface area contributed by atoms with Crippen molar-refractivity contribution in [1.82, 2.24) is 0 Å². The van der Waals surface area contributed by atoms with Gasteiger partial charge < -0.3 is 105 Å². The molecule has 0 heterocycles. The van der Waals surface area contributed by atoms with Crippen molar-refractivity contribution in [2.45, 2.75) is 37.7 Å². The normalized spacial score (nSPS) is 9.18. The number of hydrogen-bond donors (Lipinski definition) is 12. The van der Waals surface area contributed by atoms with Crippen molar-refractivity contribution in [3.63, 3.8) is 0 Å². The summed E-state index contributed by atoms with van der Waals surface area (Å²) in [7, 11) is 0. The maximum atomic E-state index is 9.33. The number of aliphatic hydroxyl groups is 12. The molecular weight excluding hydrogens is 1180 g/mol. The van der Waals surface area contributed by atoms with Crippen LogP contribution in [0.1, 0.15) is 71.1 Å². The second-order valence-electron chi connectivity index (χ2n) is 11.8. The molecule has 358 valence electrons. The van der Waals surface area contributed by atoms with Crippen molar-refractivity contribution in [3.05, 3.63) is 179 Å². The molecule has 24 heteroatoms. The van der Waals surface area contributed by atoms with Gasteiger partial charge in [-0.25, -0.2) is 0 Å². The fourth-order valence-corrected chi connectivity index (χ4v) is 5.80. The molecule has 0 fully saturated rings. The van der Waals surface area contributed by atoms with E-state index in [4.69, 9.17) is 0 Å². The van der Waals surface area contributed by atoms with Gasteiger partial charge in [-0.15, -0.1) is 0 Å². The summed E-state index contributed by atoms with van der Waals surface area (Å²) in [5, 5.41) is 112. The molecule has 6 aromatic rings. The van der Waals surface area contributed by atoms with Crippen molar-refractivity contribution in [2.75, 3.05) is 0 Å². The fourth-order valence-electron chi connectivity index (χ4n) is 5.80. The zero-order chi connectivity index (χ0) is 39.4. The predicted molar refractivity (Wildman–Crippen MR) is 230 cm³/mol. The Morgan fingerprint density at radius 2 is 0.288 bits per heavy atom. The molecule has 20 nitrogen and oxygen atoms in total. The molecule has 0 spiro atoms. The molecule has 0 aliphatic rings. The van der Waals surface area contributed by atoms with Crippen LogP contribution < -0.4 is 0 Å². The first-order chi connectivity index (χ1) is 25.8. The second kappa shape index (κ2) is 42.8. The molecule has 6 rings (SSSR count). The van der Waals surface area contributed by atoms with Crippen LogP contribution in [0.3, 0.4) is 0 Å². The number of hydrogen-bond acceptors (Lipinski definition) is 12. The van der Waals surface area contributed by atoms with E-state index in [0.29, 0.717) is 66.8 Å². The van der Waals surface area contributed by atoms with E-state index in [1.54, 1.807) is 146 Å². The summed E-state index contributed by atoms with van der Waals surface area (Å²) < 4.78 is 0. The Hall–Kier alpha value is -1.06. The minimum atomic E-state index is -1.61. The van der Waals surface area contributed by atoms with Crippen LogP contribution in [-0.2, 0) is 142 Å². The van der Waals surface area contributed by atoms with Crippen molar-refractivity contribution >= 4 is 0 Å². The number of aliphatic hydroxyl groups excluding tert-OH is 6. The minimum absolute atomic E-state index is 0. The molecule has 6 aromatic carbocycles. The molecule has 0 saturated heterocycles. The van der Waals surface area contributed by atoms with Crippen LogP contribution in [0.2, 0.25) is 0 Å². The zero-order valence-electron chi connectivity index (χ0n) is 35.2. The summed E-state index contributed by atoms with van der Waals surface area (Å²) in [6.07, 6.45) is -9.64. The Morgan fingerprint density at radius 3 is 0.379 bits per heavy atom. The van der Waals surface area contributed by atoms with Gasteiger partial charge in [0.25, 0.3) is 0 Å². The number of rotatable bonds is 9. The molecule has 0 aliphatic carbocycles. The standard InChI is InChI=1S/3C14H14O4.8H2O.4Y/c3*15-13(16)11-7-3-1-5-9(11)10-6-2-4-8-12(10)14(17)18;;;;;;;;;;;;/h3*1-8,13-18H;8*1H2;;;;/p+2. The Kier molecular flexibility index (Phi) is 55.0. The van der Waals surface area contributed by atoms with Gasteiger partial charge in [0.1, 0.15) is 0 Å². The Morgan fingerprint density at radius 1 is 0.197 bits per heavy atom. The van der Waals surface area contributed by atoms with Crippen LogP contribution in [0.5, 0.6) is 0 Å². The molecule has 0 aromatic heterocycles. The molecule has 0 unspecified atom stereocenters. The summed E-state index contributed by atoms with van der Waals surface area (Å²) in [4.78, 5) is 0. The summed E-state index contributed by atoms with van der Waals surface area (Å²) in [6, 6.07) is 40.4. The third kappa shape index (κ3) is 23.7. The van der Waals surface area contributed by atoms with Crippen molar-refractivity contribution in [2.24, 2.45) is 0 Å². The van der Waals surface area contributed by atoms with Gasteiger partial charge in [0.2, 0.25) is 0 Å². The average Bonchev–Trinajstić information content (AvgIpc) is 3.18. The van der Waals surface area contributed by atoms with Gasteiger partial charge in [-0.05, 0) is 33.4 Å². The maximum Gasteiger partial charge on any atom is 0.179 e. The summed E-state index contributed by atoms with van der Waals surface area (Å²) in [5.41, 5.74) is 5.34. The molecule has 0 atom stereocenters. The largest absolute Gasteiger partial charge is 0.457 e. The Balaban J connectivity index is -0.0000000967. The summed E-state index contributed by atoms with van der Waals surface area (Å²) in [5.74, 6) is 0. The van der Waals surface area contributed by atoms with Crippen molar-refractivity contribution in [3.8, 4) is 33.4 Å². The predicted octanol–water partition coefficient (Wildman–Crippen LogP) is -2.84. The summed E-state index contributed by atoms with van der Waals surface area (Å²) >= 11 is 0. The van der Waals surface area contributed by atoms with Crippen LogP contribution in [0.15, 0.2) is 146 Å². The first-order valence-electron chi connectivity index (χ1n) is 16.5. The second-order valence-corrected chi connectivity index (χ2v) is 11.8. The van der Waals surface area contributed by atoms with E-state index < -0.39 is 37.7 Å². The maximum absolute atomic E-state index is 9.33. The van der Waals surface area contributed by atoms with Crippen LogP contribution in [0.25, 0.3) is 33.4 Å². The Labute approximate surface area is 480 Å².